The molecular formula is C15H19NO2. The smallest absolute Gasteiger partial charge is 0.225 e. The maximum Gasteiger partial charge on any atom is 0.225 e. The van der Waals surface area contributed by atoms with Crippen LogP contribution in [-0.2, 0) is 4.79 Å². The van der Waals surface area contributed by atoms with Gasteiger partial charge in [0.2, 0.25) is 5.91 Å². The number of rotatable bonds is 1. The number of hydrogen-bond acceptors (Lipinski definition) is 2. The maximum absolute atomic E-state index is 12.0. The van der Waals surface area contributed by atoms with Gasteiger partial charge in [0.05, 0.1) is 12.5 Å². The van der Waals surface area contributed by atoms with Gasteiger partial charge in [-0.25, -0.2) is 0 Å². The summed E-state index contributed by atoms with van der Waals surface area (Å²) in [4.78, 5) is 14.0. The van der Waals surface area contributed by atoms with Crippen LogP contribution in [0.1, 0.15) is 37.2 Å². The number of aliphatic hydroxyl groups is 1. The lowest BCUT2D eigenvalue weighted by molar-refractivity contribution is -0.144. The fourth-order valence-electron chi connectivity index (χ4n) is 3.44. The summed E-state index contributed by atoms with van der Waals surface area (Å²) in [5, 5.41) is 10.3. The van der Waals surface area contributed by atoms with E-state index in [2.05, 4.69) is 12.1 Å². The van der Waals surface area contributed by atoms with Gasteiger partial charge in [0.1, 0.15) is 0 Å². The van der Waals surface area contributed by atoms with Crippen LogP contribution in [0, 0.1) is 0 Å². The van der Waals surface area contributed by atoms with Crippen LogP contribution in [0.2, 0.25) is 0 Å². The summed E-state index contributed by atoms with van der Waals surface area (Å²) >= 11 is 0. The number of nitrogens with zero attached hydrogens (tertiary/aromatic N) is 1. The van der Waals surface area contributed by atoms with Crippen LogP contribution in [0.4, 0.5) is 0 Å². The molecule has 0 spiro atoms. The molecule has 2 aliphatic rings. The van der Waals surface area contributed by atoms with Gasteiger partial charge < -0.3 is 10.0 Å². The van der Waals surface area contributed by atoms with Gasteiger partial charge in [-0.3, -0.25) is 4.79 Å². The summed E-state index contributed by atoms with van der Waals surface area (Å²) in [7, 11) is 0. The van der Waals surface area contributed by atoms with Crippen molar-refractivity contribution in [2.45, 2.75) is 43.7 Å². The Bertz CT molecular complexity index is 431. The molecular weight excluding hydrogens is 226 g/mol. The minimum atomic E-state index is -0.528. The molecule has 1 amide bonds. The van der Waals surface area contributed by atoms with E-state index >= 15 is 0 Å². The Morgan fingerprint density at radius 3 is 2.72 bits per heavy atom. The van der Waals surface area contributed by atoms with Crippen molar-refractivity contribution < 1.29 is 9.90 Å². The SMILES string of the molecule is O=C1C[C@@H](O)[C@H](c2ccccc2)[C@H]2CCCCN12. The summed E-state index contributed by atoms with van der Waals surface area (Å²) in [6.07, 6.45) is 3.02. The second kappa shape index (κ2) is 4.73. The summed E-state index contributed by atoms with van der Waals surface area (Å²) < 4.78 is 0. The number of carbonyl (C=O) groups is 1. The quantitative estimate of drug-likeness (QED) is 0.821. The lowest BCUT2D eigenvalue weighted by Gasteiger charge is -2.46. The van der Waals surface area contributed by atoms with E-state index in [0.717, 1.165) is 31.4 Å². The first-order chi connectivity index (χ1) is 8.77. The van der Waals surface area contributed by atoms with E-state index in [1.54, 1.807) is 0 Å². The number of amides is 1. The minimum absolute atomic E-state index is 0.0872. The molecule has 3 atom stereocenters. The molecule has 2 heterocycles. The molecule has 0 radical (unpaired) electrons. The summed E-state index contributed by atoms with van der Waals surface area (Å²) in [6, 6.07) is 10.3. The Balaban J connectivity index is 1.94. The summed E-state index contributed by atoms with van der Waals surface area (Å²) in [5.74, 6) is 0.212. The van der Waals surface area contributed by atoms with Crippen molar-refractivity contribution in [2.24, 2.45) is 0 Å². The molecule has 0 unspecified atom stereocenters. The number of benzene rings is 1. The van der Waals surface area contributed by atoms with Crippen LogP contribution in [0.15, 0.2) is 30.3 Å². The first-order valence-electron chi connectivity index (χ1n) is 6.80. The normalized spacial score (nSPS) is 32.2. The van der Waals surface area contributed by atoms with Crippen LogP contribution in [0.3, 0.4) is 0 Å². The summed E-state index contributed by atoms with van der Waals surface area (Å²) in [6.45, 7) is 0.861. The molecule has 0 saturated carbocycles. The van der Waals surface area contributed by atoms with E-state index in [1.165, 1.54) is 0 Å². The number of piperidine rings is 2. The first kappa shape index (κ1) is 11.7. The molecule has 2 aliphatic heterocycles. The van der Waals surface area contributed by atoms with Gasteiger partial charge in [-0.1, -0.05) is 30.3 Å². The summed E-state index contributed by atoms with van der Waals surface area (Å²) in [5.41, 5.74) is 1.16. The highest BCUT2D eigenvalue weighted by Gasteiger charge is 2.42. The Hall–Kier alpha value is -1.35. The fourth-order valence-corrected chi connectivity index (χ4v) is 3.44. The zero-order valence-electron chi connectivity index (χ0n) is 10.5. The van der Waals surface area contributed by atoms with Gasteiger partial charge in [-0.05, 0) is 24.8 Å². The van der Waals surface area contributed by atoms with E-state index in [1.807, 2.05) is 23.1 Å². The molecule has 1 aromatic carbocycles. The molecule has 3 nitrogen and oxygen atoms in total. The van der Waals surface area contributed by atoms with Crippen LogP contribution < -0.4 is 0 Å². The number of hydrogen-bond donors (Lipinski definition) is 1. The number of fused-ring (bicyclic) bond motifs is 1. The highest BCUT2D eigenvalue weighted by Crippen LogP contribution is 2.38. The van der Waals surface area contributed by atoms with E-state index in [0.29, 0.717) is 0 Å². The standard InChI is InChI=1S/C15H19NO2/c17-13-10-14(18)16-9-5-4-8-12(16)15(13)11-6-2-1-3-7-11/h1-3,6-7,12-13,15,17H,4-5,8-10H2/t12-,13-,15-/m1/s1. The van der Waals surface area contributed by atoms with E-state index in [-0.39, 0.29) is 24.3 Å². The maximum atomic E-state index is 12.0. The first-order valence-corrected chi connectivity index (χ1v) is 6.80. The monoisotopic (exact) mass is 245 g/mol. The molecule has 2 saturated heterocycles. The topological polar surface area (TPSA) is 40.5 Å². The van der Waals surface area contributed by atoms with Gasteiger partial charge in [0, 0.05) is 18.5 Å². The minimum Gasteiger partial charge on any atom is -0.392 e. The van der Waals surface area contributed by atoms with Crippen molar-refractivity contribution in [1.82, 2.24) is 4.90 Å². The van der Waals surface area contributed by atoms with Crippen molar-refractivity contribution in [2.75, 3.05) is 6.54 Å². The molecule has 0 bridgehead atoms. The van der Waals surface area contributed by atoms with Crippen molar-refractivity contribution in [3.63, 3.8) is 0 Å². The second-order valence-electron chi connectivity index (χ2n) is 5.36. The third-order valence-corrected chi connectivity index (χ3v) is 4.27. The Morgan fingerprint density at radius 2 is 1.94 bits per heavy atom. The second-order valence-corrected chi connectivity index (χ2v) is 5.36. The van der Waals surface area contributed by atoms with Crippen LogP contribution >= 0.6 is 0 Å². The van der Waals surface area contributed by atoms with Gasteiger partial charge in [-0.2, -0.15) is 0 Å². The largest absolute Gasteiger partial charge is 0.392 e. The third-order valence-electron chi connectivity index (χ3n) is 4.27. The van der Waals surface area contributed by atoms with Crippen molar-refractivity contribution in [3.05, 3.63) is 35.9 Å². The van der Waals surface area contributed by atoms with Gasteiger partial charge >= 0.3 is 0 Å². The van der Waals surface area contributed by atoms with Crippen LogP contribution in [0.25, 0.3) is 0 Å². The average Bonchev–Trinajstić information content (AvgIpc) is 2.40. The lowest BCUT2D eigenvalue weighted by Crippen LogP contribution is -2.54. The number of aliphatic hydroxyl groups excluding tert-OH is 1. The van der Waals surface area contributed by atoms with Gasteiger partial charge in [-0.15, -0.1) is 0 Å². The zero-order chi connectivity index (χ0) is 12.5. The molecule has 18 heavy (non-hydrogen) atoms. The molecule has 3 heteroatoms. The lowest BCUT2D eigenvalue weighted by atomic mass is 9.77. The highest BCUT2D eigenvalue weighted by molar-refractivity contribution is 5.78. The Kier molecular flexibility index (Phi) is 3.08. The molecule has 96 valence electrons. The van der Waals surface area contributed by atoms with Gasteiger partial charge in [0.25, 0.3) is 0 Å². The van der Waals surface area contributed by atoms with Gasteiger partial charge in [0.15, 0.2) is 0 Å². The van der Waals surface area contributed by atoms with Crippen molar-refractivity contribution >= 4 is 5.91 Å². The molecule has 0 aliphatic carbocycles. The van der Waals surface area contributed by atoms with E-state index < -0.39 is 6.10 Å². The highest BCUT2D eigenvalue weighted by atomic mass is 16.3. The molecule has 1 N–H and O–H groups in total. The fraction of sp³-hybridized carbons (Fsp3) is 0.533. The molecule has 0 aromatic heterocycles. The van der Waals surface area contributed by atoms with E-state index in [4.69, 9.17) is 0 Å². The van der Waals surface area contributed by atoms with Crippen LogP contribution in [-0.4, -0.2) is 34.6 Å². The van der Waals surface area contributed by atoms with Crippen LogP contribution in [0.5, 0.6) is 0 Å². The average molecular weight is 245 g/mol. The molecule has 3 rings (SSSR count). The zero-order valence-corrected chi connectivity index (χ0v) is 10.5. The predicted octanol–water partition coefficient (Wildman–Crippen LogP) is 1.92. The molecule has 2 fully saturated rings. The number of carbonyl (C=O) groups excluding carboxylic acids is 1. The predicted molar refractivity (Wildman–Crippen MR) is 69.2 cm³/mol. The van der Waals surface area contributed by atoms with Crippen molar-refractivity contribution in [1.29, 1.82) is 0 Å². The van der Waals surface area contributed by atoms with Crippen molar-refractivity contribution in [3.8, 4) is 0 Å². The van der Waals surface area contributed by atoms with E-state index in [9.17, 15) is 9.90 Å². The Labute approximate surface area is 107 Å². The third kappa shape index (κ3) is 1.93. The Morgan fingerprint density at radius 1 is 1.17 bits per heavy atom. The molecule has 1 aromatic rings.